The fourth-order valence-corrected chi connectivity index (χ4v) is 1.05. The second-order valence-electron chi connectivity index (χ2n) is 2.72. The van der Waals surface area contributed by atoms with Crippen LogP contribution in [0.1, 0.15) is 13.3 Å². The summed E-state index contributed by atoms with van der Waals surface area (Å²) in [6, 6.07) is 0.792. The summed E-state index contributed by atoms with van der Waals surface area (Å²) in [5.74, 6) is 0.892. The van der Waals surface area contributed by atoms with Crippen LogP contribution >= 0.6 is 0 Å². The molecule has 2 unspecified atom stereocenters. The molecule has 0 aliphatic heterocycles. The second kappa shape index (κ2) is 2.03. The molecule has 0 heterocycles. The van der Waals surface area contributed by atoms with E-state index in [1.54, 1.807) is 0 Å². The molecule has 8 heavy (non-hydrogen) atoms. The molecule has 48 valence electrons. The van der Waals surface area contributed by atoms with Gasteiger partial charge >= 0.3 is 0 Å². The fraction of sp³-hybridized carbons (Fsp3) is 1.00. The van der Waals surface area contributed by atoms with Crippen molar-refractivity contribution in [2.75, 3.05) is 13.7 Å². The van der Waals surface area contributed by atoms with Crippen molar-refractivity contribution in [2.45, 2.75) is 19.4 Å². The minimum absolute atomic E-state index is 0.703. The van der Waals surface area contributed by atoms with E-state index in [1.807, 2.05) is 0 Å². The van der Waals surface area contributed by atoms with Crippen molar-refractivity contribution in [3.8, 4) is 0 Å². The van der Waals surface area contributed by atoms with Crippen LogP contribution in [0.3, 0.4) is 0 Å². The minimum Gasteiger partial charge on any atom is -0.318 e. The predicted molar refractivity (Wildman–Crippen MR) is 34.4 cm³/mol. The molecule has 0 aromatic carbocycles. The van der Waals surface area contributed by atoms with Crippen LogP contribution in [-0.2, 0) is 0 Å². The lowest BCUT2D eigenvalue weighted by Crippen LogP contribution is -2.28. The van der Waals surface area contributed by atoms with Crippen molar-refractivity contribution >= 4 is 0 Å². The van der Waals surface area contributed by atoms with Crippen molar-refractivity contribution < 1.29 is 0 Å². The molecule has 0 aromatic heterocycles. The van der Waals surface area contributed by atoms with E-state index in [4.69, 9.17) is 5.73 Å². The molecular weight excluding hydrogens is 100 g/mol. The van der Waals surface area contributed by atoms with E-state index in [2.05, 4.69) is 18.9 Å². The zero-order chi connectivity index (χ0) is 6.15. The molecule has 0 spiro atoms. The van der Waals surface area contributed by atoms with E-state index in [0.29, 0.717) is 6.67 Å². The van der Waals surface area contributed by atoms with Crippen molar-refractivity contribution in [1.82, 2.24) is 4.90 Å². The molecular formula is C6H14N2. The number of rotatable bonds is 2. The minimum atomic E-state index is 0.703. The van der Waals surface area contributed by atoms with E-state index in [1.165, 1.54) is 6.42 Å². The Bertz CT molecular complexity index is 80.6. The highest BCUT2D eigenvalue weighted by Crippen LogP contribution is 2.33. The first-order chi connectivity index (χ1) is 3.75. The van der Waals surface area contributed by atoms with Crippen LogP contribution in [0.4, 0.5) is 0 Å². The molecule has 2 nitrogen and oxygen atoms in total. The lowest BCUT2D eigenvalue weighted by molar-refractivity contribution is 0.321. The monoisotopic (exact) mass is 114 g/mol. The first kappa shape index (κ1) is 6.05. The third-order valence-electron chi connectivity index (χ3n) is 1.92. The Balaban J connectivity index is 2.18. The molecule has 1 fully saturated rings. The van der Waals surface area contributed by atoms with E-state index in [-0.39, 0.29) is 0 Å². The summed E-state index contributed by atoms with van der Waals surface area (Å²) in [6.07, 6.45) is 1.34. The van der Waals surface area contributed by atoms with Gasteiger partial charge in [0.25, 0.3) is 0 Å². The zero-order valence-corrected chi connectivity index (χ0v) is 5.59. The molecule has 2 atom stereocenters. The average Bonchev–Trinajstić information content (AvgIpc) is 2.45. The average molecular weight is 114 g/mol. The summed E-state index contributed by atoms with van der Waals surface area (Å²) in [5.41, 5.74) is 5.40. The van der Waals surface area contributed by atoms with Crippen molar-refractivity contribution in [2.24, 2.45) is 11.7 Å². The van der Waals surface area contributed by atoms with Gasteiger partial charge < -0.3 is 5.73 Å². The van der Waals surface area contributed by atoms with Crippen LogP contribution in [0, 0.1) is 5.92 Å². The highest BCUT2D eigenvalue weighted by Gasteiger charge is 2.35. The Morgan fingerprint density at radius 3 is 2.38 bits per heavy atom. The van der Waals surface area contributed by atoms with Gasteiger partial charge in [0.05, 0.1) is 0 Å². The van der Waals surface area contributed by atoms with E-state index < -0.39 is 0 Å². The molecule has 2 heteroatoms. The molecule has 2 N–H and O–H groups in total. The molecule has 1 saturated carbocycles. The maximum atomic E-state index is 5.40. The van der Waals surface area contributed by atoms with Gasteiger partial charge in [-0.1, -0.05) is 6.92 Å². The second-order valence-corrected chi connectivity index (χ2v) is 2.72. The highest BCUT2D eigenvalue weighted by atomic mass is 15.2. The zero-order valence-electron chi connectivity index (χ0n) is 5.59. The molecule has 0 aromatic rings. The third kappa shape index (κ3) is 1.01. The summed E-state index contributed by atoms with van der Waals surface area (Å²) >= 11 is 0. The summed E-state index contributed by atoms with van der Waals surface area (Å²) < 4.78 is 0. The standard InChI is InChI=1S/C6H14N2/c1-5-3-6(5)8(2)4-7/h5-6H,3-4,7H2,1-2H3. The summed E-state index contributed by atoms with van der Waals surface area (Å²) in [7, 11) is 2.08. The molecule has 1 aliphatic rings. The number of hydrogen-bond acceptors (Lipinski definition) is 2. The van der Waals surface area contributed by atoms with Crippen molar-refractivity contribution in [3.05, 3.63) is 0 Å². The van der Waals surface area contributed by atoms with Crippen LogP contribution in [0.25, 0.3) is 0 Å². The van der Waals surface area contributed by atoms with E-state index in [0.717, 1.165) is 12.0 Å². The molecule has 0 bridgehead atoms. The Labute approximate surface area is 50.7 Å². The molecule has 0 amide bonds. The topological polar surface area (TPSA) is 29.3 Å². The maximum absolute atomic E-state index is 5.40. The van der Waals surface area contributed by atoms with Crippen LogP contribution < -0.4 is 5.73 Å². The molecule has 0 radical (unpaired) electrons. The molecule has 1 rings (SSSR count). The van der Waals surface area contributed by atoms with Crippen LogP contribution in [-0.4, -0.2) is 24.7 Å². The SMILES string of the molecule is CC1CC1N(C)CN. The Morgan fingerprint density at radius 2 is 2.25 bits per heavy atom. The van der Waals surface area contributed by atoms with Crippen LogP contribution in [0.2, 0.25) is 0 Å². The normalized spacial score (nSPS) is 36.0. The van der Waals surface area contributed by atoms with Gasteiger partial charge in [-0.3, -0.25) is 4.90 Å². The van der Waals surface area contributed by atoms with Gasteiger partial charge in [0.15, 0.2) is 0 Å². The van der Waals surface area contributed by atoms with Crippen molar-refractivity contribution in [1.29, 1.82) is 0 Å². The van der Waals surface area contributed by atoms with Crippen molar-refractivity contribution in [3.63, 3.8) is 0 Å². The Hall–Kier alpha value is -0.0800. The maximum Gasteiger partial charge on any atom is 0.0455 e. The van der Waals surface area contributed by atoms with Gasteiger partial charge in [-0.15, -0.1) is 0 Å². The van der Waals surface area contributed by atoms with Gasteiger partial charge in [0.1, 0.15) is 0 Å². The Kier molecular flexibility index (Phi) is 1.54. The number of hydrogen-bond donors (Lipinski definition) is 1. The summed E-state index contributed by atoms with van der Waals surface area (Å²) in [4.78, 5) is 2.20. The van der Waals surface area contributed by atoms with E-state index >= 15 is 0 Å². The molecule has 0 saturated heterocycles. The Morgan fingerprint density at radius 1 is 1.75 bits per heavy atom. The third-order valence-corrected chi connectivity index (χ3v) is 1.92. The first-order valence-corrected chi connectivity index (χ1v) is 3.16. The highest BCUT2D eigenvalue weighted by molar-refractivity contribution is 4.89. The van der Waals surface area contributed by atoms with E-state index in [9.17, 15) is 0 Å². The lowest BCUT2D eigenvalue weighted by atomic mass is 10.4. The molecule has 1 aliphatic carbocycles. The largest absolute Gasteiger partial charge is 0.318 e. The van der Waals surface area contributed by atoms with Gasteiger partial charge in [-0.2, -0.15) is 0 Å². The van der Waals surface area contributed by atoms with Gasteiger partial charge in [-0.05, 0) is 19.4 Å². The lowest BCUT2D eigenvalue weighted by Gasteiger charge is -2.11. The van der Waals surface area contributed by atoms with Gasteiger partial charge in [-0.25, -0.2) is 0 Å². The van der Waals surface area contributed by atoms with Crippen LogP contribution in [0.5, 0.6) is 0 Å². The smallest absolute Gasteiger partial charge is 0.0455 e. The van der Waals surface area contributed by atoms with Crippen LogP contribution in [0.15, 0.2) is 0 Å². The first-order valence-electron chi connectivity index (χ1n) is 3.16. The quantitative estimate of drug-likeness (QED) is 0.521. The summed E-state index contributed by atoms with van der Waals surface area (Å²) in [6.45, 7) is 2.96. The summed E-state index contributed by atoms with van der Waals surface area (Å²) in [5, 5.41) is 0. The fourth-order valence-electron chi connectivity index (χ4n) is 1.05. The number of nitrogens with two attached hydrogens (primary N) is 1. The van der Waals surface area contributed by atoms with Gasteiger partial charge in [0, 0.05) is 12.7 Å². The van der Waals surface area contributed by atoms with Gasteiger partial charge in [0.2, 0.25) is 0 Å². The predicted octanol–water partition coefficient (Wildman–Crippen LogP) is 0.243. The number of nitrogens with zero attached hydrogens (tertiary/aromatic N) is 1.